The van der Waals surface area contributed by atoms with E-state index in [1.807, 2.05) is 0 Å². The van der Waals surface area contributed by atoms with Crippen LogP contribution in [0.4, 0.5) is 0 Å². The number of nitrogens with zero attached hydrogens (tertiary/aromatic N) is 1. The number of para-hydroxylation sites is 1. The molecule has 0 aromatic heterocycles. The molecule has 22 heavy (non-hydrogen) atoms. The fraction of sp³-hybridized carbons (Fsp3) is 0.667. The van der Waals surface area contributed by atoms with Crippen molar-refractivity contribution in [2.75, 3.05) is 39.3 Å². The molecule has 1 fully saturated rings. The number of ether oxygens (including phenoxy) is 1. The highest BCUT2D eigenvalue weighted by molar-refractivity contribution is 5.85. The molecule has 1 aromatic carbocycles. The standard InChI is InChI=1S/C18H30N2O.ClH/c1-4-19-14-17-8-10-20(11-9-17)12-13-21-18-15(2)6-5-7-16(18)3;/h5-7,17,19H,4,8-14H2,1-3H3;1H. The van der Waals surface area contributed by atoms with Gasteiger partial charge in [0.1, 0.15) is 12.4 Å². The Kier molecular flexibility index (Phi) is 8.84. The number of piperidine rings is 1. The summed E-state index contributed by atoms with van der Waals surface area (Å²) in [5.74, 6) is 1.93. The largest absolute Gasteiger partial charge is 0.492 e. The average molecular weight is 327 g/mol. The molecule has 0 saturated carbocycles. The molecule has 0 bridgehead atoms. The third kappa shape index (κ3) is 5.79. The summed E-state index contributed by atoms with van der Waals surface area (Å²) in [5, 5.41) is 3.47. The van der Waals surface area contributed by atoms with Crippen molar-refractivity contribution in [3.05, 3.63) is 29.3 Å². The fourth-order valence-electron chi connectivity index (χ4n) is 3.07. The van der Waals surface area contributed by atoms with Gasteiger partial charge >= 0.3 is 0 Å². The minimum absolute atomic E-state index is 0. The molecule has 1 N–H and O–H groups in total. The van der Waals surface area contributed by atoms with Crippen molar-refractivity contribution in [1.29, 1.82) is 0 Å². The van der Waals surface area contributed by atoms with E-state index in [1.54, 1.807) is 0 Å². The Balaban J connectivity index is 0.00000242. The Morgan fingerprint density at radius 1 is 1.18 bits per heavy atom. The van der Waals surface area contributed by atoms with Crippen LogP contribution in [0.2, 0.25) is 0 Å². The van der Waals surface area contributed by atoms with Gasteiger partial charge in [0.05, 0.1) is 0 Å². The molecule has 4 heteroatoms. The van der Waals surface area contributed by atoms with E-state index in [2.05, 4.69) is 49.2 Å². The van der Waals surface area contributed by atoms with Crippen LogP contribution in [0.15, 0.2) is 18.2 Å². The Labute approximate surface area is 141 Å². The van der Waals surface area contributed by atoms with Crippen molar-refractivity contribution in [2.45, 2.75) is 33.6 Å². The lowest BCUT2D eigenvalue weighted by atomic mass is 9.97. The third-order valence-corrected chi connectivity index (χ3v) is 4.45. The SMILES string of the molecule is CCNCC1CCN(CCOc2c(C)cccc2C)CC1.Cl. The van der Waals surface area contributed by atoms with Gasteiger partial charge < -0.3 is 10.1 Å². The van der Waals surface area contributed by atoms with Crippen molar-refractivity contribution in [3.8, 4) is 5.75 Å². The normalized spacial score (nSPS) is 16.3. The van der Waals surface area contributed by atoms with Crippen LogP contribution < -0.4 is 10.1 Å². The van der Waals surface area contributed by atoms with Crippen molar-refractivity contribution in [1.82, 2.24) is 10.2 Å². The van der Waals surface area contributed by atoms with Crippen LogP contribution in [0.5, 0.6) is 5.75 Å². The van der Waals surface area contributed by atoms with Crippen molar-refractivity contribution >= 4 is 12.4 Å². The number of nitrogens with one attached hydrogen (secondary N) is 1. The van der Waals surface area contributed by atoms with Gasteiger partial charge in [0.2, 0.25) is 0 Å². The van der Waals surface area contributed by atoms with Gasteiger partial charge in [-0.2, -0.15) is 0 Å². The molecule has 0 radical (unpaired) electrons. The summed E-state index contributed by atoms with van der Waals surface area (Å²) >= 11 is 0. The van der Waals surface area contributed by atoms with Crippen molar-refractivity contribution in [2.24, 2.45) is 5.92 Å². The summed E-state index contributed by atoms with van der Waals surface area (Å²) in [7, 11) is 0. The monoisotopic (exact) mass is 326 g/mol. The van der Waals surface area contributed by atoms with E-state index < -0.39 is 0 Å². The van der Waals surface area contributed by atoms with E-state index in [4.69, 9.17) is 4.74 Å². The van der Waals surface area contributed by atoms with Crippen LogP contribution in [0, 0.1) is 19.8 Å². The Bertz CT molecular complexity index is 411. The summed E-state index contributed by atoms with van der Waals surface area (Å²) in [6.45, 7) is 13.0. The summed E-state index contributed by atoms with van der Waals surface area (Å²) < 4.78 is 6.01. The second kappa shape index (κ2) is 10.1. The highest BCUT2D eigenvalue weighted by atomic mass is 35.5. The van der Waals surface area contributed by atoms with Crippen molar-refractivity contribution < 1.29 is 4.74 Å². The number of halogens is 1. The first-order valence-corrected chi connectivity index (χ1v) is 8.32. The summed E-state index contributed by atoms with van der Waals surface area (Å²) in [4.78, 5) is 2.54. The predicted octanol–water partition coefficient (Wildman–Crippen LogP) is 3.43. The number of aryl methyl sites for hydroxylation is 2. The fourth-order valence-corrected chi connectivity index (χ4v) is 3.07. The molecule has 0 atom stereocenters. The van der Waals surface area contributed by atoms with E-state index in [0.29, 0.717) is 0 Å². The van der Waals surface area contributed by atoms with Gasteiger partial charge in [0.15, 0.2) is 0 Å². The Morgan fingerprint density at radius 2 is 1.82 bits per heavy atom. The lowest BCUT2D eigenvalue weighted by Gasteiger charge is -2.32. The quantitative estimate of drug-likeness (QED) is 0.831. The van der Waals surface area contributed by atoms with E-state index in [-0.39, 0.29) is 12.4 Å². The predicted molar refractivity (Wildman–Crippen MR) is 96.4 cm³/mol. The second-order valence-electron chi connectivity index (χ2n) is 6.16. The molecule has 0 spiro atoms. The molecule has 1 aromatic rings. The summed E-state index contributed by atoms with van der Waals surface area (Å²) in [6, 6.07) is 6.33. The van der Waals surface area contributed by atoms with Gasteiger partial charge in [-0.05, 0) is 69.9 Å². The molecular weight excluding hydrogens is 296 g/mol. The van der Waals surface area contributed by atoms with E-state index in [9.17, 15) is 0 Å². The lowest BCUT2D eigenvalue weighted by Crippen LogP contribution is -2.39. The maximum atomic E-state index is 6.01. The molecule has 0 unspecified atom stereocenters. The zero-order valence-electron chi connectivity index (χ0n) is 14.2. The van der Waals surface area contributed by atoms with Gasteiger partial charge in [-0.3, -0.25) is 4.90 Å². The van der Waals surface area contributed by atoms with Crippen LogP contribution in [0.1, 0.15) is 30.9 Å². The Morgan fingerprint density at radius 3 is 2.41 bits per heavy atom. The molecule has 0 aliphatic carbocycles. The maximum absolute atomic E-state index is 6.01. The topological polar surface area (TPSA) is 24.5 Å². The third-order valence-electron chi connectivity index (χ3n) is 4.45. The van der Waals surface area contributed by atoms with E-state index >= 15 is 0 Å². The smallest absolute Gasteiger partial charge is 0.125 e. The van der Waals surface area contributed by atoms with Crippen LogP contribution >= 0.6 is 12.4 Å². The van der Waals surface area contributed by atoms with Crippen LogP contribution in [-0.4, -0.2) is 44.2 Å². The van der Waals surface area contributed by atoms with Crippen molar-refractivity contribution in [3.63, 3.8) is 0 Å². The molecule has 126 valence electrons. The Hall–Kier alpha value is -0.770. The zero-order valence-corrected chi connectivity index (χ0v) is 15.0. The average Bonchev–Trinajstić information content (AvgIpc) is 2.49. The van der Waals surface area contributed by atoms with Crippen LogP contribution in [-0.2, 0) is 0 Å². The number of hydrogen-bond donors (Lipinski definition) is 1. The highest BCUT2D eigenvalue weighted by Crippen LogP contribution is 2.22. The van der Waals surface area contributed by atoms with Gasteiger partial charge in [-0.25, -0.2) is 0 Å². The number of rotatable bonds is 7. The molecular formula is C18H31ClN2O. The number of hydrogen-bond acceptors (Lipinski definition) is 3. The molecule has 1 heterocycles. The highest BCUT2D eigenvalue weighted by Gasteiger charge is 2.18. The summed E-state index contributed by atoms with van der Waals surface area (Å²) in [5.41, 5.74) is 2.47. The van der Waals surface area contributed by atoms with Crippen LogP contribution in [0.3, 0.4) is 0 Å². The number of benzene rings is 1. The molecule has 3 nitrogen and oxygen atoms in total. The molecule has 1 aliphatic rings. The van der Waals surface area contributed by atoms with Gasteiger partial charge in [0, 0.05) is 6.54 Å². The minimum Gasteiger partial charge on any atom is -0.492 e. The molecule has 1 aliphatic heterocycles. The lowest BCUT2D eigenvalue weighted by molar-refractivity contribution is 0.153. The first-order chi connectivity index (χ1) is 10.2. The van der Waals surface area contributed by atoms with Crippen LogP contribution in [0.25, 0.3) is 0 Å². The second-order valence-corrected chi connectivity index (χ2v) is 6.16. The van der Waals surface area contributed by atoms with Gasteiger partial charge in [-0.1, -0.05) is 25.1 Å². The maximum Gasteiger partial charge on any atom is 0.125 e. The first-order valence-electron chi connectivity index (χ1n) is 8.32. The molecule has 1 saturated heterocycles. The van der Waals surface area contributed by atoms with Gasteiger partial charge in [-0.15, -0.1) is 12.4 Å². The molecule has 0 amide bonds. The minimum atomic E-state index is 0. The van der Waals surface area contributed by atoms with E-state index in [0.717, 1.165) is 31.4 Å². The van der Waals surface area contributed by atoms with E-state index in [1.165, 1.54) is 43.6 Å². The first kappa shape index (κ1) is 19.3. The molecule has 2 rings (SSSR count). The number of likely N-dealkylation sites (tertiary alicyclic amines) is 1. The summed E-state index contributed by atoms with van der Waals surface area (Å²) in [6.07, 6.45) is 2.63. The van der Waals surface area contributed by atoms with Gasteiger partial charge in [0.25, 0.3) is 0 Å². The zero-order chi connectivity index (χ0) is 15.1.